The zero-order valence-electron chi connectivity index (χ0n) is 19.8. The van der Waals surface area contributed by atoms with Gasteiger partial charge in [0.25, 0.3) is 5.91 Å². The second-order valence-electron chi connectivity index (χ2n) is 8.43. The van der Waals surface area contributed by atoms with Crippen LogP contribution in [0.1, 0.15) is 37.2 Å². The molecular formula is C25H27N5O4. The van der Waals surface area contributed by atoms with E-state index in [1.807, 2.05) is 45.0 Å². The normalized spacial score (nSPS) is 12.1. The maximum absolute atomic E-state index is 13.1. The van der Waals surface area contributed by atoms with Crippen molar-refractivity contribution >= 4 is 34.3 Å². The first-order valence-corrected chi connectivity index (χ1v) is 11.0. The van der Waals surface area contributed by atoms with Crippen molar-refractivity contribution in [2.75, 3.05) is 24.3 Å². The Morgan fingerprint density at radius 2 is 1.85 bits per heavy atom. The van der Waals surface area contributed by atoms with Crippen molar-refractivity contribution in [3.05, 3.63) is 60.5 Å². The Morgan fingerprint density at radius 3 is 2.47 bits per heavy atom. The molecule has 0 saturated carbocycles. The molecule has 0 aliphatic carbocycles. The van der Waals surface area contributed by atoms with Gasteiger partial charge in [0.15, 0.2) is 17.5 Å². The van der Waals surface area contributed by atoms with Crippen LogP contribution in [0.2, 0.25) is 0 Å². The highest BCUT2D eigenvalue weighted by Gasteiger charge is 2.24. The fourth-order valence-electron chi connectivity index (χ4n) is 3.48. The third-order valence-corrected chi connectivity index (χ3v) is 5.35. The van der Waals surface area contributed by atoms with Gasteiger partial charge in [0.2, 0.25) is 0 Å². The first-order valence-electron chi connectivity index (χ1n) is 11.0. The van der Waals surface area contributed by atoms with Crippen molar-refractivity contribution in [1.82, 2.24) is 14.8 Å². The lowest BCUT2D eigenvalue weighted by atomic mass is 10.1. The minimum absolute atomic E-state index is 0.0318. The molecule has 0 spiro atoms. The van der Waals surface area contributed by atoms with Gasteiger partial charge >= 0.3 is 5.97 Å². The van der Waals surface area contributed by atoms with Crippen LogP contribution in [0.3, 0.4) is 0 Å². The predicted molar refractivity (Wildman–Crippen MR) is 130 cm³/mol. The van der Waals surface area contributed by atoms with Gasteiger partial charge in [-0.1, -0.05) is 0 Å². The van der Waals surface area contributed by atoms with Gasteiger partial charge in [-0.15, -0.1) is 0 Å². The van der Waals surface area contributed by atoms with E-state index in [0.717, 1.165) is 5.69 Å². The SMILES string of the molecule is CC(OC(=O)c1cc(-c2ccco2)nc2c1cnn2C(C)C)C(=O)Nc1ccc(N(C)C)cc1. The number of amides is 1. The summed E-state index contributed by atoms with van der Waals surface area (Å²) >= 11 is 0. The van der Waals surface area contributed by atoms with Gasteiger partial charge in [0.05, 0.1) is 23.4 Å². The monoisotopic (exact) mass is 461 g/mol. The van der Waals surface area contributed by atoms with Crippen LogP contribution in [0.4, 0.5) is 11.4 Å². The lowest BCUT2D eigenvalue weighted by molar-refractivity contribution is -0.123. The molecule has 176 valence electrons. The third-order valence-electron chi connectivity index (χ3n) is 5.35. The van der Waals surface area contributed by atoms with E-state index >= 15 is 0 Å². The number of furan rings is 1. The van der Waals surface area contributed by atoms with Crippen LogP contribution in [0.25, 0.3) is 22.5 Å². The summed E-state index contributed by atoms with van der Waals surface area (Å²) in [6, 6.07) is 12.5. The zero-order chi connectivity index (χ0) is 24.4. The van der Waals surface area contributed by atoms with Gasteiger partial charge in [-0.05, 0) is 63.2 Å². The number of esters is 1. The number of carbonyl (C=O) groups is 2. The van der Waals surface area contributed by atoms with Crippen molar-refractivity contribution in [2.45, 2.75) is 32.9 Å². The van der Waals surface area contributed by atoms with Crippen LogP contribution in [0, 0.1) is 0 Å². The number of nitrogens with zero attached hydrogens (tertiary/aromatic N) is 4. The van der Waals surface area contributed by atoms with Crippen LogP contribution >= 0.6 is 0 Å². The van der Waals surface area contributed by atoms with E-state index in [0.29, 0.717) is 28.2 Å². The Hall–Kier alpha value is -4.14. The molecule has 0 aliphatic heterocycles. The summed E-state index contributed by atoms with van der Waals surface area (Å²) in [5.41, 5.74) is 2.90. The molecule has 0 fully saturated rings. The highest BCUT2D eigenvalue weighted by molar-refractivity contribution is 6.05. The summed E-state index contributed by atoms with van der Waals surface area (Å²) in [6.07, 6.45) is 2.11. The van der Waals surface area contributed by atoms with Crippen molar-refractivity contribution in [3.8, 4) is 11.5 Å². The average molecular weight is 462 g/mol. The predicted octanol–water partition coefficient (Wildman–Crippen LogP) is 4.52. The minimum atomic E-state index is -1.02. The highest BCUT2D eigenvalue weighted by atomic mass is 16.5. The Morgan fingerprint density at radius 1 is 1.12 bits per heavy atom. The molecule has 4 aromatic rings. The number of fused-ring (bicyclic) bond motifs is 1. The molecule has 9 nitrogen and oxygen atoms in total. The lowest BCUT2D eigenvalue weighted by Gasteiger charge is -2.16. The minimum Gasteiger partial charge on any atom is -0.463 e. The Labute approximate surface area is 197 Å². The smallest absolute Gasteiger partial charge is 0.339 e. The van der Waals surface area contributed by atoms with Crippen LogP contribution in [-0.2, 0) is 9.53 Å². The number of rotatable bonds is 7. The molecule has 1 N–H and O–H groups in total. The van der Waals surface area contributed by atoms with E-state index in [1.165, 1.54) is 13.2 Å². The average Bonchev–Trinajstić information content (AvgIpc) is 3.48. The molecule has 0 aliphatic rings. The summed E-state index contributed by atoms with van der Waals surface area (Å²) < 4.78 is 12.7. The van der Waals surface area contributed by atoms with Crippen molar-refractivity contribution < 1.29 is 18.7 Å². The van der Waals surface area contributed by atoms with Crippen molar-refractivity contribution in [3.63, 3.8) is 0 Å². The summed E-state index contributed by atoms with van der Waals surface area (Å²) in [5, 5.41) is 7.70. The Kier molecular flexibility index (Phi) is 6.36. The summed E-state index contributed by atoms with van der Waals surface area (Å²) in [6.45, 7) is 5.48. The summed E-state index contributed by atoms with van der Waals surface area (Å²) in [7, 11) is 3.88. The van der Waals surface area contributed by atoms with E-state index in [9.17, 15) is 9.59 Å². The largest absolute Gasteiger partial charge is 0.463 e. The highest BCUT2D eigenvalue weighted by Crippen LogP contribution is 2.27. The molecule has 1 unspecified atom stereocenters. The van der Waals surface area contributed by atoms with Gasteiger partial charge in [-0.25, -0.2) is 14.5 Å². The lowest BCUT2D eigenvalue weighted by Crippen LogP contribution is -2.30. The number of hydrogen-bond acceptors (Lipinski definition) is 7. The Bertz CT molecular complexity index is 1310. The standard InChI is InChI=1S/C25H27N5O4/c1-15(2)30-23-20(14-26-30)19(13-21(28-23)22-7-6-12-33-22)25(32)34-16(3)24(31)27-17-8-10-18(11-9-17)29(4)5/h6-16H,1-5H3,(H,27,31). The van der Waals surface area contributed by atoms with E-state index in [1.54, 1.807) is 41.2 Å². The van der Waals surface area contributed by atoms with Gasteiger partial charge in [-0.3, -0.25) is 4.79 Å². The van der Waals surface area contributed by atoms with Crippen LogP contribution < -0.4 is 10.2 Å². The second-order valence-corrected chi connectivity index (χ2v) is 8.43. The maximum Gasteiger partial charge on any atom is 0.339 e. The first-order chi connectivity index (χ1) is 16.2. The molecule has 1 amide bonds. The number of nitrogens with one attached hydrogen (secondary N) is 1. The number of benzene rings is 1. The van der Waals surface area contributed by atoms with E-state index in [2.05, 4.69) is 15.4 Å². The van der Waals surface area contributed by atoms with Gasteiger partial charge in [0, 0.05) is 31.5 Å². The summed E-state index contributed by atoms with van der Waals surface area (Å²) in [4.78, 5) is 32.4. The van der Waals surface area contributed by atoms with Gasteiger partial charge in [0.1, 0.15) is 5.69 Å². The first kappa shape index (κ1) is 23.0. The molecule has 3 heterocycles. The van der Waals surface area contributed by atoms with Crippen molar-refractivity contribution in [1.29, 1.82) is 0 Å². The number of ether oxygens (including phenoxy) is 1. The molecule has 3 aromatic heterocycles. The van der Waals surface area contributed by atoms with Crippen molar-refractivity contribution in [2.24, 2.45) is 0 Å². The molecule has 0 bridgehead atoms. The topological polar surface area (TPSA) is 102 Å². The molecule has 0 radical (unpaired) electrons. The van der Waals surface area contributed by atoms with Crippen LogP contribution in [0.5, 0.6) is 0 Å². The number of carbonyl (C=O) groups excluding carboxylic acids is 2. The summed E-state index contributed by atoms with van der Waals surface area (Å²) in [5.74, 6) is -0.561. The maximum atomic E-state index is 13.1. The second kappa shape index (κ2) is 9.38. The number of anilines is 2. The number of aromatic nitrogens is 3. The van der Waals surface area contributed by atoms with E-state index in [-0.39, 0.29) is 11.6 Å². The van der Waals surface area contributed by atoms with Crippen LogP contribution in [0.15, 0.2) is 59.3 Å². The number of hydrogen-bond donors (Lipinski definition) is 1. The molecule has 34 heavy (non-hydrogen) atoms. The zero-order valence-corrected chi connectivity index (χ0v) is 19.8. The fourth-order valence-corrected chi connectivity index (χ4v) is 3.48. The molecule has 9 heteroatoms. The molecular weight excluding hydrogens is 434 g/mol. The third kappa shape index (κ3) is 4.63. The molecule has 1 atom stereocenters. The quantitative estimate of drug-likeness (QED) is 0.404. The van der Waals surface area contributed by atoms with Gasteiger partial charge < -0.3 is 19.4 Å². The van der Waals surface area contributed by atoms with Crippen LogP contribution in [-0.4, -0.2) is 46.8 Å². The molecule has 1 aromatic carbocycles. The fraction of sp³-hybridized carbons (Fsp3) is 0.280. The van der Waals surface area contributed by atoms with E-state index in [4.69, 9.17) is 9.15 Å². The van der Waals surface area contributed by atoms with E-state index < -0.39 is 18.0 Å². The molecule has 0 saturated heterocycles. The number of pyridine rings is 1. The Balaban J connectivity index is 1.57. The van der Waals surface area contributed by atoms with Gasteiger partial charge in [-0.2, -0.15) is 5.10 Å². The molecule has 4 rings (SSSR count).